The first-order valence-corrected chi connectivity index (χ1v) is 7.03. The van der Waals surface area contributed by atoms with Crippen LogP contribution in [-0.2, 0) is 11.2 Å². The quantitative estimate of drug-likeness (QED) is 0.881. The highest BCUT2D eigenvalue weighted by molar-refractivity contribution is 9.10. The number of benzene rings is 1. The van der Waals surface area contributed by atoms with Crippen molar-refractivity contribution in [1.29, 1.82) is 0 Å². The third-order valence-corrected chi connectivity index (χ3v) is 3.35. The second-order valence-electron chi connectivity index (χ2n) is 4.40. The summed E-state index contributed by atoms with van der Waals surface area (Å²) in [7, 11) is 0. The molecule has 1 heterocycles. The van der Waals surface area contributed by atoms with E-state index in [-0.39, 0.29) is 18.9 Å². The van der Waals surface area contributed by atoms with Crippen molar-refractivity contribution in [3.63, 3.8) is 0 Å². The van der Waals surface area contributed by atoms with E-state index in [0.29, 0.717) is 0 Å². The van der Waals surface area contributed by atoms with Crippen molar-refractivity contribution >= 4 is 21.8 Å². The molecule has 0 aliphatic carbocycles. The summed E-state index contributed by atoms with van der Waals surface area (Å²) in [4.78, 5) is 15.9. The predicted octanol–water partition coefficient (Wildman–Crippen LogP) is 2.24. The Bertz CT molecular complexity index is 575. The van der Waals surface area contributed by atoms with E-state index in [1.165, 1.54) is 0 Å². The molecule has 1 aromatic carbocycles. The lowest BCUT2D eigenvalue weighted by molar-refractivity contribution is -0.121. The van der Waals surface area contributed by atoms with Gasteiger partial charge in [0.05, 0.1) is 19.1 Å². The van der Waals surface area contributed by atoms with E-state index in [4.69, 9.17) is 0 Å². The maximum Gasteiger partial charge on any atom is 0.225 e. The van der Waals surface area contributed by atoms with Gasteiger partial charge in [0.1, 0.15) is 0 Å². The monoisotopic (exact) mass is 334 g/mol. The smallest absolute Gasteiger partial charge is 0.225 e. The fraction of sp³-hybridized carbons (Fsp3) is 0.200. The Labute approximate surface area is 126 Å². The van der Waals surface area contributed by atoms with Gasteiger partial charge >= 0.3 is 0 Å². The molecular formula is C15H15BrN2O2. The zero-order valence-electron chi connectivity index (χ0n) is 10.8. The zero-order valence-corrected chi connectivity index (χ0v) is 12.4. The van der Waals surface area contributed by atoms with Crippen LogP contribution in [0, 0.1) is 0 Å². The highest BCUT2D eigenvalue weighted by atomic mass is 79.9. The molecule has 0 saturated heterocycles. The Morgan fingerprint density at radius 1 is 1.35 bits per heavy atom. The van der Waals surface area contributed by atoms with Crippen LogP contribution >= 0.6 is 15.9 Å². The summed E-state index contributed by atoms with van der Waals surface area (Å²) in [6.07, 6.45) is 3.57. The molecule has 5 heteroatoms. The minimum absolute atomic E-state index is 0.142. The number of nitrogens with one attached hydrogen (secondary N) is 1. The van der Waals surface area contributed by atoms with E-state index in [9.17, 15) is 9.90 Å². The molecule has 1 aromatic heterocycles. The van der Waals surface area contributed by atoms with Crippen LogP contribution in [0.25, 0.3) is 0 Å². The number of rotatable bonds is 5. The van der Waals surface area contributed by atoms with Gasteiger partial charge in [-0.25, -0.2) is 0 Å². The minimum Gasteiger partial charge on any atom is -0.394 e. The summed E-state index contributed by atoms with van der Waals surface area (Å²) in [6, 6.07) is 10.8. The Morgan fingerprint density at radius 2 is 2.20 bits per heavy atom. The van der Waals surface area contributed by atoms with Crippen LogP contribution in [0.5, 0.6) is 0 Å². The number of aromatic nitrogens is 1. The number of nitrogens with zero attached hydrogens (tertiary/aromatic N) is 1. The first-order valence-electron chi connectivity index (χ1n) is 6.23. The van der Waals surface area contributed by atoms with Crippen LogP contribution < -0.4 is 5.32 Å². The fourth-order valence-electron chi connectivity index (χ4n) is 1.89. The molecule has 4 nitrogen and oxygen atoms in total. The molecule has 2 rings (SSSR count). The van der Waals surface area contributed by atoms with E-state index < -0.39 is 6.04 Å². The Kier molecular flexibility index (Phi) is 5.26. The number of carbonyl (C=O) groups is 1. The maximum absolute atomic E-state index is 12.0. The van der Waals surface area contributed by atoms with E-state index >= 15 is 0 Å². The molecule has 0 saturated carbocycles. The number of halogens is 1. The summed E-state index contributed by atoms with van der Waals surface area (Å²) in [5, 5.41) is 12.3. The first kappa shape index (κ1) is 14.7. The van der Waals surface area contributed by atoms with Crippen molar-refractivity contribution in [2.75, 3.05) is 6.61 Å². The standard InChI is InChI=1S/C15H15BrN2O2/c16-13-5-1-4-12(8-13)14(10-19)18-15(20)7-11-3-2-6-17-9-11/h1-6,8-9,14,19H,7,10H2,(H,18,20)/t14-/m1/s1. The Hall–Kier alpha value is -1.72. The molecule has 0 bridgehead atoms. The van der Waals surface area contributed by atoms with Crippen LogP contribution in [-0.4, -0.2) is 22.6 Å². The van der Waals surface area contributed by atoms with Gasteiger partial charge in [-0.1, -0.05) is 34.1 Å². The van der Waals surface area contributed by atoms with Gasteiger partial charge in [0.25, 0.3) is 0 Å². The lowest BCUT2D eigenvalue weighted by Gasteiger charge is -2.17. The SMILES string of the molecule is O=C(Cc1cccnc1)N[C@H](CO)c1cccc(Br)c1. The molecule has 1 amide bonds. The second kappa shape index (κ2) is 7.17. The summed E-state index contributed by atoms with van der Waals surface area (Å²) in [5.41, 5.74) is 1.71. The van der Waals surface area contributed by atoms with E-state index in [0.717, 1.165) is 15.6 Å². The highest BCUT2D eigenvalue weighted by Gasteiger charge is 2.14. The molecule has 20 heavy (non-hydrogen) atoms. The highest BCUT2D eigenvalue weighted by Crippen LogP contribution is 2.18. The molecular weight excluding hydrogens is 320 g/mol. The van der Waals surface area contributed by atoms with Crippen LogP contribution in [0.1, 0.15) is 17.2 Å². The first-order chi connectivity index (χ1) is 9.69. The number of pyridine rings is 1. The normalized spacial score (nSPS) is 11.9. The zero-order chi connectivity index (χ0) is 14.4. The van der Waals surface area contributed by atoms with E-state index in [2.05, 4.69) is 26.2 Å². The third kappa shape index (κ3) is 4.15. The number of hydrogen-bond acceptors (Lipinski definition) is 3. The lowest BCUT2D eigenvalue weighted by atomic mass is 10.1. The molecule has 0 radical (unpaired) electrons. The van der Waals surface area contributed by atoms with Gasteiger partial charge in [-0.05, 0) is 29.3 Å². The molecule has 2 aromatic rings. The molecule has 0 spiro atoms. The summed E-state index contributed by atoms with van der Waals surface area (Å²) >= 11 is 3.38. The van der Waals surface area contributed by atoms with Crippen molar-refractivity contribution in [2.24, 2.45) is 0 Å². The minimum atomic E-state index is -0.406. The van der Waals surface area contributed by atoms with Crippen molar-refractivity contribution in [3.05, 3.63) is 64.4 Å². The van der Waals surface area contributed by atoms with Gasteiger partial charge in [0.2, 0.25) is 5.91 Å². The number of aliphatic hydroxyl groups excluding tert-OH is 1. The van der Waals surface area contributed by atoms with E-state index in [1.807, 2.05) is 30.3 Å². The van der Waals surface area contributed by atoms with Crippen molar-refractivity contribution in [2.45, 2.75) is 12.5 Å². The molecule has 104 valence electrons. The molecule has 0 unspecified atom stereocenters. The number of hydrogen-bond donors (Lipinski definition) is 2. The topological polar surface area (TPSA) is 62.2 Å². The van der Waals surface area contributed by atoms with Gasteiger partial charge in [-0.3, -0.25) is 9.78 Å². The van der Waals surface area contributed by atoms with Gasteiger partial charge in [0, 0.05) is 16.9 Å². The van der Waals surface area contributed by atoms with Crippen molar-refractivity contribution < 1.29 is 9.90 Å². The lowest BCUT2D eigenvalue weighted by Crippen LogP contribution is -2.32. The van der Waals surface area contributed by atoms with Crippen molar-refractivity contribution in [1.82, 2.24) is 10.3 Å². The van der Waals surface area contributed by atoms with Crippen LogP contribution in [0.3, 0.4) is 0 Å². The van der Waals surface area contributed by atoms with Gasteiger partial charge in [0.15, 0.2) is 0 Å². The fourth-order valence-corrected chi connectivity index (χ4v) is 2.31. The largest absolute Gasteiger partial charge is 0.394 e. The summed E-state index contributed by atoms with van der Waals surface area (Å²) < 4.78 is 0.912. The Balaban J connectivity index is 2.01. The number of aliphatic hydroxyl groups is 1. The van der Waals surface area contributed by atoms with Gasteiger partial charge in [-0.2, -0.15) is 0 Å². The van der Waals surface area contributed by atoms with Crippen LogP contribution in [0.4, 0.5) is 0 Å². The molecule has 2 N–H and O–H groups in total. The number of carbonyl (C=O) groups excluding carboxylic acids is 1. The van der Waals surface area contributed by atoms with Crippen LogP contribution in [0.2, 0.25) is 0 Å². The molecule has 0 aliphatic heterocycles. The van der Waals surface area contributed by atoms with Gasteiger partial charge < -0.3 is 10.4 Å². The molecule has 1 atom stereocenters. The Morgan fingerprint density at radius 3 is 2.85 bits per heavy atom. The molecule has 0 fully saturated rings. The number of amides is 1. The van der Waals surface area contributed by atoms with Crippen molar-refractivity contribution in [3.8, 4) is 0 Å². The summed E-state index contributed by atoms with van der Waals surface area (Å²) in [6.45, 7) is -0.144. The summed E-state index contributed by atoms with van der Waals surface area (Å²) in [5.74, 6) is -0.142. The van der Waals surface area contributed by atoms with Gasteiger partial charge in [-0.15, -0.1) is 0 Å². The van der Waals surface area contributed by atoms with Crippen LogP contribution in [0.15, 0.2) is 53.3 Å². The average Bonchev–Trinajstić information content (AvgIpc) is 2.46. The predicted molar refractivity (Wildman–Crippen MR) is 80.1 cm³/mol. The maximum atomic E-state index is 12.0. The average molecular weight is 335 g/mol. The van der Waals surface area contributed by atoms with E-state index in [1.54, 1.807) is 18.5 Å². The third-order valence-electron chi connectivity index (χ3n) is 2.86. The molecule has 0 aliphatic rings. The second-order valence-corrected chi connectivity index (χ2v) is 5.31.